The summed E-state index contributed by atoms with van der Waals surface area (Å²) in [5.74, 6) is -0.541. The van der Waals surface area contributed by atoms with Crippen LogP contribution in [0.4, 0.5) is 0 Å². The van der Waals surface area contributed by atoms with Crippen LogP contribution in [-0.2, 0) is 14.3 Å². The minimum atomic E-state index is -0.541. The summed E-state index contributed by atoms with van der Waals surface area (Å²) in [6.07, 6.45) is 1.19. The standard InChI is InChI=1S/C7H11BO3/c1-3-10-5-6(8)7(9)11-4-2/h5H,3-4H2,1-2H3/b6-5+. The van der Waals surface area contributed by atoms with Gasteiger partial charge in [0.15, 0.2) is 0 Å². The first-order valence-electron chi connectivity index (χ1n) is 3.46. The summed E-state index contributed by atoms with van der Waals surface area (Å²) in [4.78, 5) is 10.8. The Labute approximate surface area is 67.8 Å². The van der Waals surface area contributed by atoms with Gasteiger partial charge in [-0.15, -0.1) is 0 Å². The van der Waals surface area contributed by atoms with Gasteiger partial charge in [-0.3, -0.25) is 0 Å². The minimum absolute atomic E-state index is 0.00583. The topological polar surface area (TPSA) is 35.5 Å². The van der Waals surface area contributed by atoms with E-state index in [4.69, 9.17) is 12.6 Å². The Hall–Kier alpha value is -0.925. The van der Waals surface area contributed by atoms with Gasteiger partial charge >= 0.3 is 5.97 Å². The number of hydrogen-bond acceptors (Lipinski definition) is 3. The van der Waals surface area contributed by atoms with Crippen LogP contribution in [0.1, 0.15) is 13.8 Å². The first-order valence-corrected chi connectivity index (χ1v) is 3.46. The SMILES string of the molecule is [B]/C(=C/OCC)C(=O)OCC. The highest BCUT2D eigenvalue weighted by Gasteiger charge is 2.02. The molecule has 11 heavy (non-hydrogen) atoms. The summed E-state index contributed by atoms with van der Waals surface area (Å²) in [7, 11) is 5.25. The molecule has 0 spiro atoms. The molecule has 2 radical (unpaired) electrons. The van der Waals surface area contributed by atoms with Gasteiger partial charge in [-0.1, -0.05) is 0 Å². The third-order valence-corrected chi connectivity index (χ3v) is 0.888. The van der Waals surface area contributed by atoms with Crippen molar-refractivity contribution < 1.29 is 14.3 Å². The molecule has 3 nitrogen and oxygen atoms in total. The molecule has 0 atom stereocenters. The zero-order chi connectivity index (χ0) is 8.69. The van der Waals surface area contributed by atoms with Crippen LogP contribution >= 0.6 is 0 Å². The van der Waals surface area contributed by atoms with Gasteiger partial charge in [-0.05, 0) is 13.8 Å². The first-order chi connectivity index (χ1) is 5.22. The largest absolute Gasteiger partial charge is 0.502 e. The van der Waals surface area contributed by atoms with E-state index in [0.29, 0.717) is 13.2 Å². The highest BCUT2D eigenvalue weighted by molar-refractivity contribution is 6.35. The summed E-state index contributed by atoms with van der Waals surface area (Å²) in [5.41, 5.74) is -0.00583. The van der Waals surface area contributed by atoms with Gasteiger partial charge in [0, 0.05) is 5.47 Å². The molecule has 0 bridgehead atoms. The van der Waals surface area contributed by atoms with Crippen molar-refractivity contribution in [2.75, 3.05) is 13.2 Å². The van der Waals surface area contributed by atoms with Crippen LogP contribution < -0.4 is 0 Å². The molecule has 0 aromatic rings. The second-order valence-electron chi connectivity index (χ2n) is 1.75. The molecule has 0 saturated carbocycles. The van der Waals surface area contributed by atoms with Crippen molar-refractivity contribution in [3.05, 3.63) is 11.7 Å². The predicted molar refractivity (Wildman–Crippen MR) is 42.1 cm³/mol. The van der Waals surface area contributed by atoms with E-state index >= 15 is 0 Å². The van der Waals surface area contributed by atoms with Crippen molar-refractivity contribution >= 4 is 13.8 Å². The summed E-state index contributed by atoms with van der Waals surface area (Å²) < 4.78 is 9.36. The molecule has 0 aliphatic carbocycles. The van der Waals surface area contributed by atoms with Gasteiger partial charge in [-0.25, -0.2) is 4.79 Å². The second-order valence-corrected chi connectivity index (χ2v) is 1.75. The van der Waals surface area contributed by atoms with E-state index in [1.54, 1.807) is 13.8 Å². The number of hydrogen-bond donors (Lipinski definition) is 0. The molecule has 0 aliphatic rings. The zero-order valence-corrected chi connectivity index (χ0v) is 6.79. The van der Waals surface area contributed by atoms with Gasteiger partial charge < -0.3 is 9.47 Å². The highest BCUT2D eigenvalue weighted by atomic mass is 16.5. The number of ether oxygens (including phenoxy) is 2. The molecule has 0 aromatic heterocycles. The lowest BCUT2D eigenvalue weighted by molar-refractivity contribution is -0.137. The third-order valence-electron chi connectivity index (χ3n) is 0.888. The van der Waals surface area contributed by atoms with E-state index in [1.807, 2.05) is 0 Å². The Morgan fingerprint density at radius 2 is 2.09 bits per heavy atom. The molecular formula is C7H11BO3. The molecule has 0 saturated heterocycles. The Morgan fingerprint density at radius 3 is 2.55 bits per heavy atom. The molecule has 0 heterocycles. The fraction of sp³-hybridized carbons (Fsp3) is 0.571. The number of carbonyl (C=O) groups excluding carboxylic acids is 1. The molecule has 0 aromatic carbocycles. The van der Waals surface area contributed by atoms with E-state index in [2.05, 4.69) is 4.74 Å². The van der Waals surface area contributed by atoms with Crippen LogP contribution in [0.3, 0.4) is 0 Å². The van der Waals surface area contributed by atoms with Crippen molar-refractivity contribution in [3.63, 3.8) is 0 Å². The maximum absolute atomic E-state index is 10.8. The Bertz CT molecular complexity index is 154. The van der Waals surface area contributed by atoms with Crippen LogP contribution in [0.25, 0.3) is 0 Å². The van der Waals surface area contributed by atoms with Crippen molar-refractivity contribution in [3.8, 4) is 0 Å². The number of rotatable bonds is 4. The molecule has 0 rings (SSSR count). The van der Waals surface area contributed by atoms with E-state index in [-0.39, 0.29) is 5.47 Å². The van der Waals surface area contributed by atoms with Crippen LogP contribution in [-0.4, -0.2) is 27.0 Å². The van der Waals surface area contributed by atoms with Crippen LogP contribution in [0.2, 0.25) is 0 Å². The first kappa shape index (κ1) is 10.1. The van der Waals surface area contributed by atoms with E-state index in [9.17, 15) is 4.79 Å². The molecular weight excluding hydrogens is 143 g/mol. The van der Waals surface area contributed by atoms with Crippen LogP contribution in [0.5, 0.6) is 0 Å². The molecule has 0 N–H and O–H groups in total. The van der Waals surface area contributed by atoms with Crippen molar-refractivity contribution in [1.82, 2.24) is 0 Å². The van der Waals surface area contributed by atoms with Gasteiger partial charge in [0.1, 0.15) is 7.85 Å². The number of carbonyl (C=O) groups is 1. The average molecular weight is 154 g/mol. The fourth-order valence-corrected chi connectivity index (χ4v) is 0.436. The lowest BCUT2D eigenvalue weighted by Crippen LogP contribution is -2.07. The van der Waals surface area contributed by atoms with Crippen molar-refractivity contribution in [2.45, 2.75) is 13.8 Å². The molecule has 0 aliphatic heterocycles. The predicted octanol–water partition coefficient (Wildman–Crippen LogP) is 0.596. The molecule has 0 fully saturated rings. The van der Waals surface area contributed by atoms with E-state index < -0.39 is 5.97 Å². The monoisotopic (exact) mass is 154 g/mol. The number of esters is 1. The maximum Gasteiger partial charge on any atom is 0.326 e. The Balaban J connectivity index is 3.80. The van der Waals surface area contributed by atoms with Gasteiger partial charge in [0.25, 0.3) is 0 Å². The van der Waals surface area contributed by atoms with Gasteiger partial charge in [0.2, 0.25) is 0 Å². The fourth-order valence-electron chi connectivity index (χ4n) is 0.436. The van der Waals surface area contributed by atoms with Gasteiger partial charge in [-0.2, -0.15) is 0 Å². The third kappa shape index (κ3) is 4.48. The zero-order valence-electron chi connectivity index (χ0n) is 6.79. The normalized spacial score (nSPS) is 10.9. The molecule has 60 valence electrons. The van der Waals surface area contributed by atoms with Crippen molar-refractivity contribution in [1.29, 1.82) is 0 Å². The maximum atomic E-state index is 10.8. The quantitative estimate of drug-likeness (QED) is 0.257. The summed E-state index contributed by atoms with van der Waals surface area (Å²) in [6, 6.07) is 0. The summed E-state index contributed by atoms with van der Waals surface area (Å²) in [5, 5.41) is 0. The second kappa shape index (κ2) is 5.83. The van der Waals surface area contributed by atoms with Gasteiger partial charge in [0.05, 0.1) is 19.5 Å². The lowest BCUT2D eigenvalue weighted by Gasteiger charge is -2.01. The molecule has 0 unspecified atom stereocenters. The molecule has 4 heteroatoms. The Kier molecular flexibility index (Phi) is 5.34. The average Bonchev–Trinajstić information content (AvgIpc) is 2.00. The highest BCUT2D eigenvalue weighted by Crippen LogP contribution is 1.92. The molecule has 0 amide bonds. The minimum Gasteiger partial charge on any atom is -0.502 e. The van der Waals surface area contributed by atoms with Crippen LogP contribution in [0, 0.1) is 0 Å². The van der Waals surface area contributed by atoms with Crippen LogP contribution in [0.15, 0.2) is 11.7 Å². The van der Waals surface area contributed by atoms with E-state index in [1.165, 1.54) is 6.26 Å². The lowest BCUT2D eigenvalue weighted by atomic mass is 9.98. The smallest absolute Gasteiger partial charge is 0.326 e. The summed E-state index contributed by atoms with van der Waals surface area (Å²) in [6.45, 7) is 4.32. The van der Waals surface area contributed by atoms with E-state index in [0.717, 1.165) is 0 Å². The Morgan fingerprint density at radius 1 is 1.45 bits per heavy atom. The van der Waals surface area contributed by atoms with Crippen molar-refractivity contribution in [2.24, 2.45) is 0 Å². The summed E-state index contributed by atoms with van der Waals surface area (Å²) >= 11 is 0.